The van der Waals surface area contributed by atoms with E-state index in [9.17, 15) is 5.11 Å². The van der Waals surface area contributed by atoms with Gasteiger partial charge in [0.05, 0.1) is 6.61 Å². The Morgan fingerprint density at radius 3 is 2.59 bits per heavy atom. The Labute approximate surface area is 136 Å². The van der Waals surface area contributed by atoms with Crippen LogP contribution >= 0.6 is 0 Å². The average Bonchev–Trinajstić information content (AvgIpc) is 2.43. The lowest BCUT2D eigenvalue weighted by Gasteiger charge is -2.42. The molecule has 0 aromatic heterocycles. The fourth-order valence-corrected chi connectivity index (χ4v) is 3.50. The van der Waals surface area contributed by atoms with Crippen LogP contribution in [0.2, 0.25) is 0 Å². The van der Waals surface area contributed by atoms with E-state index in [1.165, 1.54) is 19.3 Å². The van der Waals surface area contributed by atoms with E-state index in [0.717, 1.165) is 23.5 Å². The van der Waals surface area contributed by atoms with E-state index in [0.29, 0.717) is 11.3 Å². The third-order valence-corrected chi connectivity index (χ3v) is 5.10. The molecule has 0 spiro atoms. The van der Waals surface area contributed by atoms with Crippen LogP contribution in [0.15, 0.2) is 23.3 Å². The van der Waals surface area contributed by atoms with Crippen LogP contribution in [-0.4, -0.2) is 22.9 Å². The van der Waals surface area contributed by atoms with Crippen LogP contribution in [0.3, 0.4) is 0 Å². The summed E-state index contributed by atoms with van der Waals surface area (Å²) in [5, 5.41) is 18.9. The van der Waals surface area contributed by atoms with Gasteiger partial charge in [0.1, 0.15) is 6.10 Å². The molecule has 1 aliphatic rings. The molecule has 124 valence electrons. The van der Waals surface area contributed by atoms with E-state index < -0.39 is 6.10 Å². The summed E-state index contributed by atoms with van der Waals surface area (Å²) >= 11 is 0. The second-order valence-corrected chi connectivity index (χ2v) is 7.39. The van der Waals surface area contributed by atoms with Crippen molar-refractivity contribution in [3.05, 3.63) is 23.3 Å². The minimum absolute atomic E-state index is 0.0138. The largest absolute Gasteiger partial charge is 0.392 e. The fraction of sp³-hybridized carbons (Fsp3) is 0.700. The highest BCUT2D eigenvalue weighted by atomic mass is 16.3. The molecule has 0 aromatic carbocycles. The normalized spacial score (nSPS) is 27.0. The minimum atomic E-state index is -0.718. The van der Waals surface area contributed by atoms with E-state index in [1.54, 1.807) is 6.08 Å². The summed E-state index contributed by atoms with van der Waals surface area (Å²) in [4.78, 5) is 0. The summed E-state index contributed by atoms with van der Waals surface area (Å²) in [6, 6.07) is 0. The van der Waals surface area contributed by atoms with Crippen LogP contribution < -0.4 is 0 Å². The second kappa shape index (κ2) is 8.56. The highest BCUT2D eigenvalue weighted by Gasteiger charge is 2.35. The fourth-order valence-electron chi connectivity index (χ4n) is 3.50. The van der Waals surface area contributed by atoms with Crippen molar-refractivity contribution in [3.63, 3.8) is 0 Å². The van der Waals surface area contributed by atoms with Gasteiger partial charge in [-0.1, -0.05) is 51.5 Å². The van der Waals surface area contributed by atoms with Gasteiger partial charge in [0.2, 0.25) is 0 Å². The zero-order chi connectivity index (χ0) is 16.8. The van der Waals surface area contributed by atoms with E-state index >= 15 is 0 Å². The standard InChI is InChI=1S/C20H32O2/c1-15(12-14-21)8-11-19(22)17(3)9-10-18-16(2)7-6-13-20(18,4)5/h9,12,16,18-19,21-22H,6-7,10,13-14H2,1-5H3/b15-12-,17-9+. The van der Waals surface area contributed by atoms with E-state index in [-0.39, 0.29) is 6.61 Å². The number of hydrogen-bond acceptors (Lipinski definition) is 2. The van der Waals surface area contributed by atoms with Crippen LogP contribution in [0.25, 0.3) is 0 Å². The van der Waals surface area contributed by atoms with Gasteiger partial charge in [0.15, 0.2) is 0 Å². The quantitative estimate of drug-likeness (QED) is 0.606. The Morgan fingerprint density at radius 2 is 2.00 bits per heavy atom. The lowest BCUT2D eigenvalue weighted by atomic mass is 9.63. The van der Waals surface area contributed by atoms with Crippen LogP contribution in [0.5, 0.6) is 0 Å². The molecule has 0 aliphatic heterocycles. The van der Waals surface area contributed by atoms with Crippen molar-refractivity contribution in [1.82, 2.24) is 0 Å². The maximum absolute atomic E-state index is 10.1. The topological polar surface area (TPSA) is 40.5 Å². The third-order valence-electron chi connectivity index (χ3n) is 5.10. The predicted molar refractivity (Wildman–Crippen MR) is 93.3 cm³/mol. The zero-order valence-corrected chi connectivity index (χ0v) is 14.8. The first-order chi connectivity index (χ1) is 10.3. The van der Waals surface area contributed by atoms with Crippen molar-refractivity contribution in [3.8, 4) is 11.8 Å². The van der Waals surface area contributed by atoms with Gasteiger partial charge in [-0.15, -0.1) is 0 Å². The molecule has 0 saturated heterocycles. The molecule has 1 fully saturated rings. The number of rotatable bonds is 4. The van der Waals surface area contributed by atoms with Crippen molar-refractivity contribution in [2.24, 2.45) is 17.3 Å². The Hall–Kier alpha value is -1.04. The van der Waals surface area contributed by atoms with Gasteiger partial charge in [-0.3, -0.25) is 0 Å². The van der Waals surface area contributed by atoms with E-state index in [1.807, 2.05) is 13.8 Å². The molecule has 1 aliphatic carbocycles. The van der Waals surface area contributed by atoms with Gasteiger partial charge in [0.25, 0.3) is 0 Å². The molecule has 0 amide bonds. The number of aliphatic hydroxyl groups is 2. The number of allylic oxidation sites excluding steroid dienone is 2. The van der Waals surface area contributed by atoms with Crippen molar-refractivity contribution in [2.75, 3.05) is 6.61 Å². The van der Waals surface area contributed by atoms with Gasteiger partial charge in [-0.05, 0) is 61.2 Å². The van der Waals surface area contributed by atoms with Crippen molar-refractivity contribution in [1.29, 1.82) is 0 Å². The Morgan fingerprint density at radius 1 is 1.32 bits per heavy atom. The van der Waals surface area contributed by atoms with Gasteiger partial charge in [-0.25, -0.2) is 0 Å². The first-order valence-electron chi connectivity index (χ1n) is 8.42. The zero-order valence-electron chi connectivity index (χ0n) is 14.8. The molecule has 2 heteroatoms. The van der Waals surface area contributed by atoms with Gasteiger partial charge >= 0.3 is 0 Å². The maximum atomic E-state index is 10.1. The van der Waals surface area contributed by atoms with Crippen LogP contribution in [0, 0.1) is 29.1 Å². The molecule has 3 unspecified atom stereocenters. The summed E-state index contributed by atoms with van der Waals surface area (Å²) in [6.45, 7) is 10.9. The molecular formula is C20H32O2. The number of aliphatic hydroxyl groups excluding tert-OH is 2. The molecular weight excluding hydrogens is 272 g/mol. The predicted octanol–water partition coefficient (Wildman–Crippen LogP) is 4.09. The molecule has 3 atom stereocenters. The minimum Gasteiger partial charge on any atom is -0.392 e. The van der Waals surface area contributed by atoms with Gasteiger partial charge in [0, 0.05) is 0 Å². The molecule has 0 heterocycles. The monoisotopic (exact) mass is 304 g/mol. The molecule has 0 radical (unpaired) electrons. The average molecular weight is 304 g/mol. The smallest absolute Gasteiger partial charge is 0.136 e. The highest BCUT2D eigenvalue weighted by molar-refractivity contribution is 5.31. The molecule has 1 saturated carbocycles. The molecule has 0 aromatic rings. The van der Waals surface area contributed by atoms with Crippen LogP contribution in [0.1, 0.15) is 60.3 Å². The summed E-state index contributed by atoms with van der Waals surface area (Å²) in [7, 11) is 0. The summed E-state index contributed by atoms with van der Waals surface area (Å²) in [5.74, 6) is 7.15. The van der Waals surface area contributed by atoms with Crippen molar-refractivity contribution >= 4 is 0 Å². The SMILES string of the molecule is C/C(C#CC(O)/C(C)=C/CC1C(C)CCCC1(C)C)=C/CO. The second-order valence-electron chi connectivity index (χ2n) is 7.39. The lowest BCUT2D eigenvalue weighted by molar-refractivity contribution is 0.0859. The molecule has 0 bridgehead atoms. The maximum Gasteiger partial charge on any atom is 0.136 e. The van der Waals surface area contributed by atoms with Crippen molar-refractivity contribution in [2.45, 2.75) is 66.4 Å². The first kappa shape index (κ1) is 19.0. The Kier molecular flexibility index (Phi) is 7.39. The van der Waals surface area contributed by atoms with E-state index in [4.69, 9.17) is 5.11 Å². The lowest BCUT2D eigenvalue weighted by Crippen LogP contribution is -2.33. The highest BCUT2D eigenvalue weighted by Crippen LogP contribution is 2.45. The Balaban J connectivity index is 2.70. The summed E-state index contributed by atoms with van der Waals surface area (Å²) in [6.07, 6.45) is 8.05. The van der Waals surface area contributed by atoms with Gasteiger partial charge in [-0.2, -0.15) is 0 Å². The molecule has 22 heavy (non-hydrogen) atoms. The third kappa shape index (κ3) is 5.63. The van der Waals surface area contributed by atoms with Gasteiger partial charge < -0.3 is 10.2 Å². The van der Waals surface area contributed by atoms with Crippen molar-refractivity contribution < 1.29 is 10.2 Å². The molecule has 2 nitrogen and oxygen atoms in total. The van der Waals surface area contributed by atoms with E-state index in [2.05, 4.69) is 38.7 Å². The van der Waals surface area contributed by atoms with Crippen LogP contribution in [-0.2, 0) is 0 Å². The first-order valence-corrected chi connectivity index (χ1v) is 8.42. The summed E-state index contributed by atoms with van der Waals surface area (Å²) in [5.41, 5.74) is 2.10. The Bertz CT molecular complexity index is 474. The molecule has 1 rings (SSSR count). The number of hydrogen-bond donors (Lipinski definition) is 2. The molecule has 2 N–H and O–H groups in total. The van der Waals surface area contributed by atoms with Crippen LogP contribution in [0.4, 0.5) is 0 Å². The summed E-state index contributed by atoms with van der Waals surface area (Å²) < 4.78 is 0.